The van der Waals surface area contributed by atoms with Gasteiger partial charge in [0.2, 0.25) is 0 Å². The van der Waals surface area contributed by atoms with Gasteiger partial charge >= 0.3 is 0 Å². The summed E-state index contributed by atoms with van der Waals surface area (Å²) in [5.41, 5.74) is 1.83. The van der Waals surface area contributed by atoms with Crippen LogP contribution in [0.15, 0.2) is 80.6 Å². The minimum absolute atomic E-state index is 0.0623. The molecule has 0 unspecified atom stereocenters. The molecule has 0 aliphatic rings. The summed E-state index contributed by atoms with van der Waals surface area (Å²) in [6.45, 7) is 0.349. The average molecular weight is 439 g/mol. The molecule has 4 nitrogen and oxygen atoms in total. The van der Waals surface area contributed by atoms with E-state index in [1.54, 1.807) is 33.9 Å². The molecular weight excluding hydrogens is 424 g/mol. The second-order valence-electron chi connectivity index (χ2n) is 6.57. The zero-order valence-corrected chi connectivity index (χ0v) is 17.6. The second kappa shape index (κ2) is 7.71. The smallest absolute Gasteiger partial charge is 0.262 e. The molecule has 2 aromatic carbocycles. The van der Waals surface area contributed by atoms with Crippen LogP contribution >= 0.6 is 34.7 Å². The van der Waals surface area contributed by atoms with Crippen molar-refractivity contribution in [3.63, 3.8) is 0 Å². The Bertz CT molecular complexity index is 1370. The Morgan fingerprint density at radius 1 is 1.10 bits per heavy atom. The number of nitrogens with zero attached hydrogens (tertiary/aromatic N) is 2. The molecule has 5 aromatic rings. The van der Waals surface area contributed by atoms with Crippen LogP contribution in [0.3, 0.4) is 0 Å². The van der Waals surface area contributed by atoms with Crippen LogP contribution in [-0.2, 0) is 12.3 Å². The zero-order valence-electron chi connectivity index (χ0n) is 15.2. The quantitative estimate of drug-likeness (QED) is 0.242. The molecule has 144 valence electrons. The highest BCUT2D eigenvalue weighted by molar-refractivity contribution is 7.98. The first kappa shape index (κ1) is 18.5. The number of rotatable bonds is 5. The van der Waals surface area contributed by atoms with Gasteiger partial charge in [0.05, 0.1) is 23.7 Å². The van der Waals surface area contributed by atoms with Gasteiger partial charge in [0.25, 0.3) is 5.56 Å². The number of benzene rings is 2. The highest BCUT2D eigenvalue weighted by Crippen LogP contribution is 2.33. The van der Waals surface area contributed by atoms with E-state index in [0.717, 1.165) is 16.2 Å². The van der Waals surface area contributed by atoms with E-state index >= 15 is 0 Å². The van der Waals surface area contributed by atoms with Crippen LogP contribution in [0.5, 0.6) is 0 Å². The fraction of sp³-hybridized carbons (Fsp3) is 0.0909. The number of hydrogen-bond acceptors (Lipinski definition) is 5. The fourth-order valence-corrected chi connectivity index (χ4v) is 5.47. The van der Waals surface area contributed by atoms with E-state index in [2.05, 4.69) is 5.38 Å². The number of fused-ring (bicyclic) bond motifs is 2. The highest BCUT2D eigenvalue weighted by Gasteiger charge is 2.14. The standard InChI is InChI=1S/C22H15ClN2O2S2/c23-15-7-8-20-18(10-15)14(12-28-20)13-29-22-24-19-6-2-1-5-17(19)21(26)25(22)11-16-4-3-9-27-16/h1-10,12H,11,13H2. The van der Waals surface area contributed by atoms with E-state index in [-0.39, 0.29) is 5.56 Å². The number of hydrogen-bond donors (Lipinski definition) is 0. The second-order valence-corrected chi connectivity index (χ2v) is 8.86. The first-order valence-corrected chi connectivity index (χ1v) is 11.2. The number of furan rings is 1. The molecule has 0 amide bonds. The van der Waals surface area contributed by atoms with Crippen LogP contribution in [0, 0.1) is 0 Å². The van der Waals surface area contributed by atoms with Gasteiger partial charge in [-0.05, 0) is 58.8 Å². The summed E-state index contributed by atoms with van der Waals surface area (Å²) in [6.07, 6.45) is 1.61. The normalized spacial score (nSPS) is 11.5. The molecule has 3 aromatic heterocycles. The molecule has 5 rings (SSSR count). The Kier molecular flexibility index (Phi) is 4.91. The van der Waals surface area contributed by atoms with Gasteiger partial charge in [-0.1, -0.05) is 35.5 Å². The van der Waals surface area contributed by atoms with Crippen molar-refractivity contribution in [1.82, 2.24) is 9.55 Å². The lowest BCUT2D eigenvalue weighted by Crippen LogP contribution is -2.23. The molecule has 29 heavy (non-hydrogen) atoms. The summed E-state index contributed by atoms with van der Waals surface area (Å²) in [5.74, 6) is 1.42. The number of thiophene rings is 1. The van der Waals surface area contributed by atoms with Gasteiger partial charge in [-0.15, -0.1) is 11.3 Å². The van der Waals surface area contributed by atoms with E-state index in [4.69, 9.17) is 21.0 Å². The van der Waals surface area contributed by atoms with E-state index in [1.165, 1.54) is 10.3 Å². The summed E-state index contributed by atoms with van der Waals surface area (Å²) < 4.78 is 8.36. The Hall–Kier alpha value is -2.54. The molecule has 7 heteroatoms. The van der Waals surface area contributed by atoms with Crippen LogP contribution in [0.2, 0.25) is 5.02 Å². The monoisotopic (exact) mass is 438 g/mol. The van der Waals surface area contributed by atoms with Gasteiger partial charge in [-0.25, -0.2) is 4.98 Å². The topological polar surface area (TPSA) is 48.0 Å². The van der Waals surface area contributed by atoms with Crippen molar-refractivity contribution >= 4 is 55.7 Å². The number of thioether (sulfide) groups is 1. The molecule has 0 spiro atoms. The maximum absolute atomic E-state index is 13.1. The van der Waals surface area contributed by atoms with E-state index in [0.29, 0.717) is 28.4 Å². The van der Waals surface area contributed by atoms with Gasteiger partial charge in [0, 0.05) is 15.5 Å². The summed E-state index contributed by atoms with van der Waals surface area (Å²) >= 11 is 9.43. The van der Waals surface area contributed by atoms with Gasteiger partial charge < -0.3 is 4.42 Å². The molecule has 0 atom stereocenters. The van der Waals surface area contributed by atoms with E-state index in [9.17, 15) is 4.79 Å². The minimum Gasteiger partial charge on any atom is -0.467 e. The summed E-state index contributed by atoms with van der Waals surface area (Å²) in [6, 6.07) is 17.1. The lowest BCUT2D eigenvalue weighted by atomic mass is 10.2. The molecular formula is C22H15ClN2O2S2. The molecule has 0 saturated heterocycles. The van der Waals surface area contributed by atoms with Crippen LogP contribution in [0.1, 0.15) is 11.3 Å². The predicted molar refractivity (Wildman–Crippen MR) is 120 cm³/mol. The lowest BCUT2D eigenvalue weighted by molar-refractivity contribution is 0.476. The van der Waals surface area contributed by atoms with Crippen molar-refractivity contribution in [2.45, 2.75) is 17.5 Å². The minimum atomic E-state index is -0.0623. The third-order valence-corrected chi connectivity index (χ3v) is 6.97. The molecule has 0 radical (unpaired) electrons. The van der Waals surface area contributed by atoms with Crippen molar-refractivity contribution < 1.29 is 4.42 Å². The number of aromatic nitrogens is 2. The molecule has 3 heterocycles. The van der Waals surface area contributed by atoms with Crippen molar-refractivity contribution in [3.8, 4) is 0 Å². The van der Waals surface area contributed by atoms with Crippen LogP contribution in [0.25, 0.3) is 21.0 Å². The third kappa shape index (κ3) is 3.59. The Morgan fingerprint density at radius 2 is 2.00 bits per heavy atom. The van der Waals surface area contributed by atoms with Crippen LogP contribution in [0.4, 0.5) is 0 Å². The lowest BCUT2D eigenvalue weighted by Gasteiger charge is -2.12. The SMILES string of the molecule is O=c1c2ccccc2nc(SCc2csc3ccc(Cl)cc23)n1Cc1ccco1. The van der Waals surface area contributed by atoms with E-state index < -0.39 is 0 Å². The summed E-state index contributed by atoms with van der Waals surface area (Å²) in [5, 5.41) is 5.29. The Balaban J connectivity index is 1.55. The molecule has 0 bridgehead atoms. The number of halogens is 1. The van der Waals surface area contributed by atoms with Crippen LogP contribution in [-0.4, -0.2) is 9.55 Å². The maximum Gasteiger partial charge on any atom is 0.262 e. The largest absolute Gasteiger partial charge is 0.467 e. The van der Waals surface area contributed by atoms with Crippen molar-refractivity contribution in [3.05, 3.63) is 92.9 Å². The summed E-state index contributed by atoms with van der Waals surface area (Å²) in [7, 11) is 0. The fourth-order valence-electron chi connectivity index (χ4n) is 3.26. The zero-order chi connectivity index (χ0) is 19.8. The van der Waals surface area contributed by atoms with Gasteiger partial charge in [-0.2, -0.15) is 0 Å². The first-order valence-electron chi connectivity index (χ1n) is 8.99. The van der Waals surface area contributed by atoms with Crippen LogP contribution < -0.4 is 5.56 Å². The molecule has 0 saturated carbocycles. The molecule has 0 aliphatic carbocycles. The molecule has 0 fully saturated rings. The molecule has 0 aliphatic heterocycles. The van der Waals surface area contributed by atoms with Gasteiger partial charge in [0.1, 0.15) is 5.76 Å². The first-order chi connectivity index (χ1) is 14.2. The Morgan fingerprint density at radius 3 is 2.86 bits per heavy atom. The Labute approximate surface area is 179 Å². The third-order valence-electron chi connectivity index (χ3n) is 4.69. The van der Waals surface area contributed by atoms with Gasteiger partial charge in [0.15, 0.2) is 5.16 Å². The van der Waals surface area contributed by atoms with Crippen molar-refractivity contribution in [1.29, 1.82) is 0 Å². The van der Waals surface area contributed by atoms with Gasteiger partial charge in [-0.3, -0.25) is 9.36 Å². The van der Waals surface area contributed by atoms with Crippen molar-refractivity contribution in [2.24, 2.45) is 0 Å². The maximum atomic E-state index is 13.1. The van der Waals surface area contributed by atoms with Crippen molar-refractivity contribution in [2.75, 3.05) is 0 Å². The number of para-hydroxylation sites is 1. The van der Waals surface area contributed by atoms with E-state index in [1.807, 2.05) is 54.6 Å². The average Bonchev–Trinajstić information content (AvgIpc) is 3.38. The molecule has 0 N–H and O–H groups in total. The predicted octanol–water partition coefficient (Wildman–Crippen LogP) is 6.20. The highest BCUT2D eigenvalue weighted by atomic mass is 35.5. The summed E-state index contributed by atoms with van der Waals surface area (Å²) in [4.78, 5) is 17.9.